The van der Waals surface area contributed by atoms with E-state index in [9.17, 15) is 4.39 Å². The number of rotatable bonds is 5. The van der Waals surface area contributed by atoms with E-state index >= 15 is 0 Å². The number of alkyl halides is 1. The number of piperazine rings is 1. The molecule has 9 heteroatoms. The van der Waals surface area contributed by atoms with Crippen molar-refractivity contribution in [1.29, 1.82) is 0 Å². The number of nitrogens with zero attached hydrogens (tertiary/aromatic N) is 5. The van der Waals surface area contributed by atoms with Gasteiger partial charge in [-0.25, -0.2) is 9.07 Å². The molecular formula is C22H29ClFN7. The van der Waals surface area contributed by atoms with Crippen LogP contribution in [0.1, 0.15) is 17.5 Å². The summed E-state index contributed by atoms with van der Waals surface area (Å²) in [7, 11) is 2.16. The van der Waals surface area contributed by atoms with Gasteiger partial charge in [0.05, 0.1) is 29.4 Å². The summed E-state index contributed by atoms with van der Waals surface area (Å²) in [5.74, 6) is 1.61. The molecule has 7 nitrogen and oxygen atoms in total. The third kappa shape index (κ3) is 4.12. The molecule has 2 fully saturated rings. The Kier molecular flexibility index (Phi) is 5.77. The number of anilines is 2. The van der Waals surface area contributed by atoms with E-state index in [-0.39, 0.29) is 0 Å². The van der Waals surface area contributed by atoms with E-state index in [1.165, 1.54) is 0 Å². The number of benzene rings is 1. The van der Waals surface area contributed by atoms with Crippen LogP contribution < -0.4 is 15.8 Å². The van der Waals surface area contributed by atoms with E-state index in [2.05, 4.69) is 27.7 Å². The van der Waals surface area contributed by atoms with Crippen molar-refractivity contribution in [3.63, 3.8) is 0 Å². The summed E-state index contributed by atoms with van der Waals surface area (Å²) in [5, 5.41) is 5.52. The zero-order valence-corrected chi connectivity index (χ0v) is 18.6. The van der Waals surface area contributed by atoms with Gasteiger partial charge in [0.2, 0.25) is 0 Å². The van der Waals surface area contributed by atoms with Crippen molar-refractivity contribution in [3.05, 3.63) is 41.5 Å². The molecule has 2 aromatic rings. The fourth-order valence-electron chi connectivity index (χ4n) is 4.48. The van der Waals surface area contributed by atoms with Crippen molar-refractivity contribution >= 4 is 34.0 Å². The number of halogens is 2. The van der Waals surface area contributed by atoms with Crippen LogP contribution >= 0.6 is 11.6 Å². The van der Waals surface area contributed by atoms with Gasteiger partial charge in [-0.2, -0.15) is 5.10 Å². The van der Waals surface area contributed by atoms with Crippen LogP contribution in [-0.2, 0) is 6.54 Å². The molecule has 0 bridgehead atoms. The molecule has 2 N–H and O–H groups in total. The second kappa shape index (κ2) is 8.68. The Morgan fingerprint density at radius 1 is 1.06 bits per heavy atom. The van der Waals surface area contributed by atoms with Gasteiger partial charge in [-0.3, -0.25) is 15.8 Å². The Bertz CT molecular complexity index is 952. The van der Waals surface area contributed by atoms with Crippen molar-refractivity contribution in [2.75, 3.05) is 63.2 Å². The number of likely N-dealkylation sites (N-methyl/N-ethyl adjacent to an activating group) is 1. The normalized spacial score (nSPS) is 22.4. The topological polar surface area (TPSA) is 51.6 Å². The average molecular weight is 446 g/mol. The molecular weight excluding hydrogens is 417 g/mol. The minimum atomic E-state index is -0.822. The highest BCUT2D eigenvalue weighted by Crippen LogP contribution is 2.42. The molecule has 3 aliphatic heterocycles. The summed E-state index contributed by atoms with van der Waals surface area (Å²) in [4.78, 5) is 6.84. The summed E-state index contributed by atoms with van der Waals surface area (Å²) in [6.45, 7) is 6.98. The summed E-state index contributed by atoms with van der Waals surface area (Å²) < 4.78 is 16.0. The van der Waals surface area contributed by atoms with Crippen molar-refractivity contribution in [3.8, 4) is 0 Å². The molecule has 166 valence electrons. The molecule has 31 heavy (non-hydrogen) atoms. The predicted molar refractivity (Wildman–Crippen MR) is 124 cm³/mol. The number of nitrogens with one attached hydrogen (secondary N) is 2. The summed E-state index contributed by atoms with van der Waals surface area (Å²) >= 11 is 6.93. The molecule has 3 aliphatic rings. The van der Waals surface area contributed by atoms with Crippen molar-refractivity contribution < 1.29 is 4.39 Å². The SMILES string of the molecule is CN1CCN(CCn2nc(N3CC[C@@H](F)C3)c3c2NNC(c2ccccc2)=C3Cl)CC1. The van der Waals surface area contributed by atoms with Gasteiger partial charge >= 0.3 is 0 Å². The quantitative estimate of drug-likeness (QED) is 0.738. The van der Waals surface area contributed by atoms with E-state index in [0.29, 0.717) is 24.5 Å². The average Bonchev–Trinajstić information content (AvgIpc) is 3.38. The van der Waals surface area contributed by atoms with E-state index in [4.69, 9.17) is 16.7 Å². The number of aromatic nitrogens is 2. The molecule has 0 unspecified atom stereocenters. The number of hydrogen-bond donors (Lipinski definition) is 2. The minimum absolute atomic E-state index is 0.361. The van der Waals surface area contributed by atoms with Gasteiger partial charge < -0.3 is 9.80 Å². The molecule has 5 rings (SSSR count). The fraction of sp³-hybridized carbons (Fsp3) is 0.500. The van der Waals surface area contributed by atoms with Gasteiger partial charge in [0, 0.05) is 44.8 Å². The second-order valence-corrected chi connectivity index (χ2v) is 8.93. The predicted octanol–water partition coefficient (Wildman–Crippen LogP) is 2.67. The first-order valence-electron chi connectivity index (χ1n) is 11.0. The van der Waals surface area contributed by atoms with E-state index in [1.807, 2.05) is 39.9 Å². The molecule has 1 atom stereocenters. The van der Waals surface area contributed by atoms with Crippen LogP contribution in [0.3, 0.4) is 0 Å². The summed E-state index contributed by atoms with van der Waals surface area (Å²) in [6.07, 6.45) is -0.293. The first-order valence-corrected chi connectivity index (χ1v) is 11.4. The standard InChI is InChI=1S/C22H29ClFN7/c1-28-9-11-29(12-10-28)13-14-31-21-18(22(27-31)30-8-7-17(24)15-30)19(23)20(25-26-21)16-5-3-2-4-6-16/h2-6,17,25-26H,7-15H2,1H3/t17-/m1/s1. The molecule has 0 spiro atoms. The van der Waals surface area contributed by atoms with Crippen LogP contribution in [0, 0.1) is 0 Å². The molecule has 0 saturated carbocycles. The summed E-state index contributed by atoms with van der Waals surface area (Å²) in [5.41, 5.74) is 9.24. The maximum absolute atomic E-state index is 14.0. The highest BCUT2D eigenvalue weighted by atomic mass is 35.5. The van der Waals surface area contributed by atoms with Gasteiger partial charge in [0.1, 0.15) is 6.17 Å². The van der Waals surface area contributed by atoms with Gasteiger partial charge in [-0.1, -0.05) is 41.9 Å². The van der Waals surface area contributed by atoms with Crippen LogP contribution in [-0.4, -0.2) is 78.6 Å². The molecule has 2 saturated heterocycles. The van der Waals surface area contributed by atoms with Gasteiger partial charge in [0.15, 0.2) is 11.6 Å². The first kappa shape index (κ1) is 20.6. The molecule has 0 amide bonds. The van der Waals surface area contributed by atoms with Crippen LogP contribution in [0.5, 0.6) is 0 Å². The van der Waals surface area contributed by atoms with Crippen LogP contribution in [0.25, 0.3) is 10.7 Å². The lowest BCUT2D eigenvalue weighted by Crippen LogP contribution is -2.45. The van der Waals surface area contributed by atoms with E-state index in [1.54, 1.807) is 0 Å². The van der Waals surface area contributed by atoms with Crippen molar-refractivity contribution in [1.82, 2.24) is 25.0 Å². The van der Waals surface area contributed by atoms with E-state index in [0.717, 1.165) is 67.7 Å². The lowest BCUT2D eigenvalue weighted by Gasteiger charge is -2.32. The maximum atomic E-state index is 14.0. The number of hydrazine groups is 1. The molecule has 4 heterocycles. The number of hydrogen-bond acceptors (Lipinski definition) is 6. The Morgan fingerprint density at radius 3 is 2.55 bits per heavy atom. The maximum Gasteiger partial charge on any atom is 0.161 e. The Balaban J connectivity index is 1.46. The Morgan fingerprint density at radius 2 is 1.84 bits per heavy atom. The molecule has 1 aromatic carbocycles. The van der Waals surface area contributed by atoms with Crippen LogP contribution in [0.15, 0.2) is 30.3 Å². The highest BCUT2D eigenvalue weighted by molar-refractivity contribution is 6.53. The first-order chi connectivity index (χ1) is 15.1. The number of fused-ring (bicyclic) bond motifs is 1. The lowest BCUT2D eigenvalue weighted by molar-refractivity contribution is 0.149. The van der Waals surface area contributed by atoms with E-state index < -0.39 is 6.17 Å². The lowest BCUT2D eigenvalue weighted by atomic mass is 10.1. The fourth-order valence-corrected chi connectivity index (χ4v) is 4.81. The molecule has 1 aromatic heterocycles. The third-order valence-electron chi connectivity index (χ3n) is 6.40. The Hall–Kier alpha value is -2.29. The van der Waals surface area contributed by atoms with Crippen molar-refractivity contribution in [2.24, 2.45) is 0 Å². The smallest absolute Gasteiger partial charge is 0.161 e. The monoisotopic (exact) mass is 445 g/mol. The largest absolute Gasteiger partial charge is 0.352 e. The second-order valence-electron chi connectivity index (χ2n) is 8.55. The third-order valence-corrected chi connectivity index (χ3v) is 6.77. The zero-order valence-electron chi connectivity index (χ0n) is 17.8. The highest BCUT2D eigenvalue weighted by Gasteiger charge is 2.33. The van der Waals surface area contributed by atoms with Crippen LogP contribution in [0.2, 0.25) is 0 Å². The molecule has 0 aliphatic carbocycles. The molecule has 0 radical (unpaired) electrons. The Labute approximate surface area is 187 Å². The van der Waals surface area contributed by atoms with Gasteiger partial charge in [0.25, 0.3) is 0 Å². The van der Waals surface area contributed by atoms with Crippen LogP contribution in [0.4, 0.5) is 16.0 Å². The minimum Gasteiger partial charge on any atom is -0.352 e. The van der Waals surface area contributed by atoms with Gasteiger partial charge in [-0.15, -0.1) is 0 Å². The van der Waals surface area contributed by atoms with Gasteiger partial charge in [-0.05, 0) is 13.5 Å². The summed E-state index contributed by atoms with van der Waals surface area (Å²) in [6, 6.07) is 9.98. The van der Waals surface area contributed by atoms with Crippen molar-refractivity contribution in [2.45, 2.75) is 19.1 Å². The zero-order chi connectivity index (χ0) is 21.4.